The third kappa shape index (κ3) is 4.41. The molecule has 0 aliphatic rings. The van der Waals surface area contributed by atoms with Crippen molar-refractivity contribution < 1.29 is 4.74 Å². The van der Waals surface area contributed by atoms with Gasteiger partial charge in [0.1, 0.15) is 12.4 Å². The molecular weight excluding hydrogens is 318 g/mol. The molecule has 5 heteroatoms. The lowest BCUT2D eigenvalue weighted by atomic mass is 10.2. The van der Waals surface area contributed by atoms with Gasteiger partial charge in [0.15, 0.2) is 0 Å². The minimum atomic E-state index is 0.281. The van der Waals surface area contributed by atoms with Crippen LogP contribution in [0.5, 0.6) is 5.75 Å². The molecule has 2 rings (SSSR count). The number of aromatic nitrogens is 2. The monoisotopic (exact) mass is 333 g/mol. The molecule has 0 fully saturated rings. The van der Waals surface area contributed by atoms with E-state index in [2.05, 4.69) is 37.1 Å². The number of terminal acetylenes is 1. The average Bonchev–Trinajstić information content (AvgIpc) is 2.96. The molecule has 0 aliphatic heterocycles. The van der Waals surface area contributed by atoms with Crippen LogP contribution >= 0.6 is 15.9 Å². The zero-order chi connectivity index (χ0) is 14.2. The summed E-state index contributed by atoms with van der Waals surface area (Å²) in [6.07, 6.45) is 9.66. The molecule has 0 spiro atoms. The van der Waals surface area contributed by atoms with Gasteiger partial charge in [-0.15, -0.1) is 6.42 Å². The van der Waals surface area contributed by atoms with Crippen LogP contribution in [0.25, 0.3) is 0 Å². The average molecular weight is 334 g/mol. The molecule has 4 nitrogen and oxygen atoms in total. The summed E-state index contributed by atoms with van der Waals surface area (Å²) in [4.78, 5) is 7.07. The number of nitrogens with zero attached hydrogens (tertiary/aromatic N) is 1. The summed E-state index contributed by atoms with van der Waals surface area (Å²) in [7, 11) is 0. The van der Waals surface area contributed by atoms with Crippen molar-refractivity contribution in [1.82, 2.24) is 15.3 Å². The molecule has 0 bridgehead atoms. The van der Waals surface area contributed by atoms with Crippen molar-refractivity contribution in [2.24, 2.45) is 0 Å². The minimum Gasteiger partial charge on any atom is -0.481 e. The quantitative estimate of drug-likeness (QED) is 0.604. The maximum Gasteiger partial charge on any atom is 0.148 e. The Balaban J connectivity index is 1.87. The number of halogens is 1. The number of benzene rings is 1. The third-order valence-electron chi connectivity index (χ3n) is 2.77. The topological polar surface area (TPSA) is 49.9 Å². The highest BCUT2D eigenvalue weighted by Crippen LogP contribution is 2.23. The number of hydrogen-bond acceptors (Lipinski definition) is 3. The largest absolute Gasteiger partial charge is 0.481 e. The van der Waals surface area contributed by atoms with E-state index in [0.29, 0.717) is 0 Å². The van der Waals surface area contributed by atoms with Crippen molar-refractivity contribution in [2.75, 3.05) is 13.2 Å². The number of aromatic amines is 1. The van der Waals surface area contributed by atoms with E-state index in [1.54, 1.807) is 6.33 Å². The van der Waals surface area contributed by atoms with Gasteiger partial charge in [-0.05, 0) is 18.2 Å². The van der Waals surface area contributed by atoms with Crippen molar-refractivity contribution in [3.63, 3.8) is 0 Å². The summed E-state index contributed by atoms with van der Waals surface area (Å²) in [5.41, 5.74) is 2.20. The van der Waals surface area contributed by atoms with Gasteiger partial charge in [0, 0.05) is 41.4 Å². The molecule has 104 valence electrons. The molecule has 2 N–H and O–H groups in total. The lowest BCUT2D eigenvalue weighted by Gasteiger charge is -2.11. The first-order valence-corrected chi connectivity index (χ1v) is 7.11. The molecule has 0 atom stereocenters. The number of nitrogens with one attached hydrogen (secondary N) is 2. The van der Waals surface area contributed by atoms with Gasteiger partial charge in [-0.25, -0.2) is 4.98 Å². The van der Waals surface area contributed by atoms with Crippen LogP contribution in [-0.4, -0.2) is 23.1 Å². The zero-order valence-electron chi connectivity index (χ0n) is 11.0. The smallest absolute Gasteiger partial charge is 0.148 e. The molecule has 0 radical (unpaired) electrons. The molecule has 0 amide bonds. The Morgan fingerprint density at radius 2 is 2.35 bits per heavy atom. The molecule has 0 saturated carbocycles. The number of hydrogen-bond donors (Lipinski definition) is 2. The first-order chi connectivity index (χ1) is 9.79. The fourth-order valence-corrected chi connectivity index (χ4v) is 2.22. The fraction of sp³-hybridized carbons (Fsp3) is 0.267. The first-order valence-electron chi connectivity index (χ1n) is 6.32. The number of H-pyrrole nitrogens is 1. The molecule has 1 aromatic heterocycles. The van der Waals surface area contributed by atoms with Crippen molar-refractivity contribution in [3.8, 4) is 18.1 Å². The van der Waals surface area contributed by atoms with Gasteiger partial charge in [0.25, 0.3) is 0 Å². The molecule has 20 heavy (non-hydrogen) atoms. The Labute approximate surface area is 127 Å². The van der Waals surface area contributed by atoms with E-state index >= 15 is 0 Å². The summed E-state index contributed by atoms with van der Waals surface area (Å²) in [5, 5.41) is 3.38. The minimum absolute atomic E-state index is 0.281. The predicted molar refractivity (Wildman–Crippen MR) is 82.5 cm³/mol. The number of rotatable bonds is 7. The van der Waals surface area contributed by atoms with Crippen LogP contribution in [0.4, 0.5) is 0 Å². The Hall–Kier alpha value is -1.77. The second kappa shape index (κ2) is 7.73. The van der Waals surface area contributed by atoms with Crippen LogP contribution in [-0.2, 0) is 13.0 Å². The van der Waals surface area contributed by atoms with E-state index in [9.17, 15) is 0 Å². The van der Waals surface area contributed by atoms with Gasteiger partial charge < -0.3 is 15.0 Å². The van der Waals surface area contributed by atoms with Gasteiger partial charge in [0.05, 0.1) is 6.33 Å². The summed E-state index contributed by atoms with van der Waals surface area (Å²) in [6, 6.07) is 5.91. The highest BCUT2D eigenvalue weighted by molar-refractivity contribution is 9.10. The normalized spacial score (nSPS) is 10.2. The SMILES string of the molecule is C#CCOc1ccc(Br)cc1CNCCc1cnc[nH]1. The third-order valence-corrected chi connectivity index (χ3v) is 3.27. The fourth-order valence-electron chi connectivity index (χ4n) is 1.81. The summed E-state index contributed by atoms with van der Waals surface area (Å²) >= 11 is 3.47. The summed E-state index contributed by atoms with van der Waals surface area (Å²) in [6.45, 7) is 1.87. The molecule has 1 heterocycles. The van der Waals surface area contributed by atoms with E-state index < -0.39 is 0 Å². The van der Waals surface area contributed by atoms with Gasteiger partial charge in [-0.2, -0.15) is 0 Å². The highest BCUT2D eigenvalue weighted by atomic mass is 79.9. The van der Waals surface area contributed by atoms with E-state index in [1.165, 1.54) is 0 Å². The second-order valence-electron chi connectivity index (χ2n) is 4.25. The Morgan fingerprint density at radius 1 is 1.45 bits per heavy atom. The highest BCUT2D eigenvalue weighted by Gasteiger charge is 2.04. The maximum absolute atomic E-state index is 5.53. The van der Waals surface area contributed by atoms with E-state index in [4.69, 9.17) is 11.2 Å². The van der Waals surface area contributed by atoms with Crippen LogP contribution in [0, 0.1) is 12.3 Å². The van der Waals surface area contributed by atoms with Crippen LogP contribution < -0.4 is 10.1 Å². The van der Waals surface area contributed by atoms with Gasteiger partial charge in [-0.1, -0.05) is 21.9 Å². The summed E-state index contributed by atoms with van der Waals surface area (Å²) < 4.78 is 6.56. The van der Waals surface area contributed by atoms with E-state index in [0.717, 1.165) is 41.0 Å². The van der Waals surface area contributed by atoms with Gasteiger partial charge in [0.2, 0.25) is 0 Å². The molecule has 0 aliphatic carbocycles. The second-order valence-corrected chi connectivity index (χ2v) is 5.16. The predicted octanol–water partition coefficient (Wildman–Crippen LogP) is 2.52. The van der Waals surface area contributed by atoms with Crippen LogP contribution in [0.2, 0.25) is 0 Å². The molecule has 0 saturated heterocycles. The molecule has 2 aromatic rings. The van der Waals surface area contributed by atoms with Crippen LogP contribution in [0.3, 0.4) is 0 Å². The molecular formula is C15H16BrN3O. The maximum atomic E-state index is 5.53. The van der Waals surface area contributed by atoms with Crippen LogP contribution in [0.15, 0.2) is 35.2 Å². The Morgan fingerprint density at radius 3 is 3.10 bits per heavy atom. The van der Waals surface area contributed by atoms with Gasteiger partial charge in [-0.3, -0.25) is 0 Å². The number of ether oxygens (including phenoxy) is 1. The lowest BCUT2D eigenvalue weighted by molar-refractivity contribution is 0.365. The van der Waals surface area contributed by atoms with E-state index in [-0.39, 0.29) is 6.61 Å². The molecule has 0 unspecified atom stereocenters. The first kappa shape index (κ1) is 14.6. The van der Waals surface area contributed by atoms with Crippen molar-refractivity contribution in [1.29, 1.82) is 0 Å². The van der Waals surface area contributed by atoms with Crippen LogP contribution in [0.1, 0.15) is 11.3 Å². The van der Waals surface area contributed by atoms with Crippen molar-refractivity contribution in [3.05, 3.63) is 46.5 Å². The zero-order valence-corrected chi connectivity index (χ0v) is 12.6. The van der Waals surface area contributed by atoms with E-state index in [1.807, 2.05) is 24.4 Å². The summed E-state index contributed by atoms with van der Waals surface area (Å²) in [5.74, 6) is 3.30. The van der Waals surface area contributed by atoms with Crippen molar-refractivity contribution >= 4 is 15.9 Å². The standard InChI is InChI=1S/C15H16BrN3O/c1-2-7-20-15-4-3-13(16)8-12(15)9-17-6-5-14-10-18-11-19-14/h1,3-4,8,10-11,17H,5-7,9H2,(H,18,19). The van der Waals surface area contributed by atoms with Crippen molar-refractivity contribution in [2.45, 2.75) is 13.0 Å². The molecule has 1 aromatic carbocycles. The Kier molecular flexibility index (Phi) is 5.66. The van der Waals surface area contributed by atoms with Gasteiger partial charge >= 0.3 is 0 Å². The number of imidazole rings is 1. The Bertz CT molecular complexity index is 575. The lowest BCUT2D eigenvalue weighted by Crippen LogP contribution is -2.17.